The highest BCUT2D eigenvalue weighted by Crippen LogP contribution is 2.26. The van der Waals surface area contributed by atoms with E-state index in [-0.39, 0.29) is 11.8 Å². The Morgan fingerprint density at radius 1 is 1.14 bits per heavy atom. The van der Waals surface area contributed by atoms with Crippen molar-refractivity contribution >= 4 is 17.1 Å². The summed E-state index contributed by atoms with van der Waals surface area (Å²) < 4.78 is 5.34. The summed E-state index contributed by atoms with van der Waals surface area (Å²) in [6.07, 6.45) is 1.62. The van der Waals surface area contributed by atoms with Crippen LogP contribution in [0.15, 0.2) is 52.2 Å². The average molecular weight is 279 g/mol. The molecular weight excluding hydrogens is 266 g/mol. The molecule has 1 unspecified atom stereocenters. The van der Waals surface area contributed by atoms with Gasteiger partial charge in [0.2, 0.25) is 5.71 Å². The van der Waals surface area contributed by atoms with Crippen LogP contribution in [-0.2, 0) is 0 Å². The summed E-state index contributed by atoms with van der Waals surface area (Å²) in [7, 11) is 0. The van der Waals surface area contributed by atoms with Gasteiger partial charge in [-0.3, -0.25) is 5.43 Å². The molecule has 1 aromatic carbocycles. The third-order valence-electron chi connectivity index (χ3n) is 2.77. The Morgan fingerprint density at radius 3 is 2.48 bits per heavy atom. The number of nitriles is 2. The molecule has 0 spiro atoms. The predicted molar refractivity (Wildman–Crippen MR) is 79.5 cm³/mol. The van der Waals surface area contributed by atoms with Crippen LogP contribution in [-0.4, -0.2) is 5.71 Å². The topological polar surface area (TPSA) is 97.1 Å². The van der Waals surface area contributed by atoms with E-state index in [4.69, 9.17) is 14.9 Å². The number of hydrogen-bond donors (Lipinski definition) is 2. The van der Waals surface area contributed by atoms with E-state index in [1.165, 1.54) is 0 Å². The Kier molecular flexibility index (Phi) is 4.58. The van der Waals surface area contributed by atoms with Gasteiger partial charge in [-0.05, 0) is 31.2 Å². The lowest BCUT2D eigenvalue weighted by molar-refractivity contribution is 0.490. The van der Waals surface area contributed by atoms with Crippen LogP contribution in [0.3, 0.4) is 0 Å². The van der Waals surface area contributed by atoms with Crippen molar-refractivity contribution in [2.24, 2.45) is 5.10 Å². The monoisotopic (exact) mass is 279 g/mol. The van der Waals surface area contributed by atoms with Gasteiger partial charge in [0.25, 0.3) is 0 Å². The van der Waals surface area contributed by atoms with Crippen LogP contribution in [0.1, 0.15) is 18.7 Å². The molecule has 0 aliphatic heterocycles. The zero-order chi connectivity index (χ0) is 15.1. The van der Waals surface area contributed by atoms with Crippen LogP contribution in [0, 0.1) is 22.7 Å². The molecule has 2 N–H and O–H groups in total. The van der Waals surface area contributed by atoms with E-state index in [9.17, 15) is 0 Å². The van der Waals surface area contributed by atoms with Crippen LogP contribution in [0.25, 0.3) is 0 Å². The van der Waals surface area contributed by atoms with Crippen LogP contribution >= 0.6 is 0 Å². The van der Waals surface area contributed by atoms with Crippen LogP contribution in [0.4, 0.5) is 11.4 Å². The Morgan fingerprint density at radius 2 is 1.86 bits per heavy atom. The first kappa shape index (κ1) is 14.2. The van der Waals surface area contributed by atoms with E-state index in [1.807, 2.05) is 37.3 Å². The minimum absolute atomic E-state index is 0.0293. The van der Waals surface area contributed by atoms with E-state index in [2.05, 4.69) is 15.8 Å². The lowest BCUT2D eigenvalue weighted by Crippen LogP contribution is -2.07. The molecule has 1 heterocycles. The maximum atomic E-state index is 8.67. The number of nitrogens with zero attached hydrogens (tertiary/aromatic N) is 3. The number of benzene rings is 1. The second kappa shape index (κ2) is 6.78. The molecule has 0 saturated carbocycles. The van der Waals surface area contributed by atoms with Gasteiger partial charge in [0.05, 0.1) is 23.7 Å². The summed E-state index contributed by atoms with van der Waals surface area (Å²) in [6, 6.07) is 14.5. The molecule has 2 rings (SSSR count). The molecule has 1 atom stereocenters. The van der Waals surface area contributed by atoms with E-state index in [0.717, 1.165) is 11.4 Å². The summed E-state index contributed by atoms with van der Waals surface area (Å²) in [4.78, 5) is 0. The SMILES string of the molecule is CC(Nc1ccccc1NN=C(C#N)C#N)c1ccco1. The molecule has 21 heavy (non-hydrogen) atoms. The van der Waals surface area contributed by atoms with Gasteiger partial charge in [-0.1, -0.05) is 12.1 Å². The molecule has 0 bridgehead atoms. The summed E-state index contributed by atoms with van der Waals surface area (Å²) in [5.74, 6) is 0.808. The van der Waals surface area contributed by atoms with E-state index >= 15 is 0 Å². The fourth-order valence-electron chi connectivity index (χ4n) is 1.74. The lowest BCUT2D eigenvalue weighted by atomic mass is 10.2. The van der Waals surface area contributed by atoms with Crippen molar-refractivity contribution < 1.29 is 4.42 Å². The summed E-state index contributed by atoms with van der Waals surface area (Å²) >= 11 is 0. The summed E-state index contributed by atoms with van der Waals surface area (Å²) in [5, 5.41) is 24.4. The predicted octanol–water partition coefficient (Wildman–Crippen LogP) is 3.27. The van der Waals surface area contributed by atoms with Crippen molar-refractivity contribution in [3.8, 4) is 12.1 Å². The Balaban J connectivity index is 2.16. The summed E-state index contributed by atoms with van der Waals surface area (Å²) in [6.45, 7) is 1.97. The maximum Gasteiger partial charge on any atom is 0.237 e. The van der Waals surface area contributed by atoms with Gasteiger partial charge in [-0.2, -0.15) is 15.6 Å². The van der Waals surface area contributed by atoms with Gasteiger partial charge in [0.15, 0.2) is 0 Å². The highest BCUT2D eigenvalue weighted by Gasteiger charge is 2.10. The third-order valence-corrected chi connectivity index (χ3v) is 2.77. The van der Waals surface area contributed by atoms with Crippen molar-refractivity contribution in [1.82, 2.24) is 0 Å². The fourth-order valence-corrected chi connectivity index (χ4v) is 1.74. The lowest BCUT2D eigenvalue weighted by Gasteiger charge is -2.15. The molecule has 104 valence electrons. The zero-order valence-corrected chi connectivity index (χ0v) is 11.4. The standard InChI is InChI=1S/C15H13N5O/c1-11(15-7-4-8-21-15)18-13-5-2-3-6-14(13)20-19-12(9-16)10-17/h2-8,11,18,20H,1H3. The zero-order valence-electron chi connectivity index (χ0n) is 11.4. The van der Waals surface area contributed by atoms with Gasteiger partial charge in [0, 0.05) is 0 Å². The molecule has 6 heteroatoms. The highest BCUT2D eigenvalue weighted by molar-refractivity contribution is 6.10. The number of furan rings is 1. The number of hydrogen-bond acceptors (Lipinski definition) is 6. The van der Waals surface area contributed by atoms with Crippen molar-refractivity contribution in [2.45, 2.75) is 13.0 Å². The Bertz CT molecular complexity index is 690. The van der Waals surface area contributed by atoms with Crippen molar-refractivity contribution in [3.05, 3.63) is 48.4 Å². The number of hydrazone groups is 1. The fraction of sp³-hybridized carbons (Fsp3) is 0.133. The van der Waals surface area contributed by atoms with E-state index in [1.54, 1.807) is 24.5 Å². The molecule has 1 aromatic heterocycles. The van der Waals surface area contributed by atoms with Crippen molar-refractivity contribution in [3.63, 3.8) is 0 Å². The quantitative estimate of drug-likeness (QED) is 0.646. The average Bonchev–Trinajstić information content (AvgIpc) is 3.04. The number of rotatable bonds is 5. The molecule has 0 amide bonds. The number of para-hydroxylation sites is 2. The third kappa shape index (κ3) is 3.62. The van der Waals surface area contributed by atoms with E-state index < -0.39 is 0 Å². The van der Waals surface area contributed by atoms with Gasteiger partial charge >= 0.3 is 0 Å². The van der Waals surface area contributed by atoms with Crippen LogP contribution in [0.2, 0.25) is 0 Å². The van der Waals surface area contributed by atoms with Gasteiger partial charge < -0.3 is 9.73 Å². The molecular formula is C15H13N5O. The molecule has 0 fully saturated rings. The Hall–Kier alpha value is -3.25. The first-order valence-electron chi connectivity index (χ1n) is 6.27. The number of nitrogens with one attached hydrogen (secondary N) is 2. The first-order chi connectivity index (χ1) is 10.2. The number of anilines is 2. The second-order valence-electron chi connectivity index (χ2n) is 4.22. The highest BCUT2D eigenvalue weighted by atomic mass is 16.3. The summed E-state index contributed by atoms with van der Waals surface area (Å²) in [5.41, 5.74) is 3.94. The molecule has 6 nitrogen and oxygen atoms in total. The molecule has 0 saturated heterocycles. The van der Waals surface area contributed by atoms with Gasteiger partial charge in [0.1, 0.15) is 17.9 Å². The molecule has 0 aliphatic carbocycles. The smallest absolute Gasteiger partial charge is 0.237 e. The second-order valence-corrected chi connectivity index (χ2v) is 4.22. The van der Waals surface area contributed by atoms with Crippen LogP contribution < -0.4 is 10.7 Å². The molecule has 0 aliphatic rings. The van der Waals surface area contributed by atoms with Gasteiger partial charge in [-0.25, -0.2) is 0 Å². The molecule has 2 aromatic rings. The minimum atomic E-state index is -0.233. The minimum Gasteiger partial charge on any atom is -0.467 e. The van der Waals surface area contributed by atoms with Crippen LogP contribution in [0.5, 0.6) is 0 Å². The largest absolute Gasteiger partial charge is 0.467 e. The Labute approximate surface area is 122 Å². The maximum absolute atomic E-state index is 8.67. The normalized spacial score (nSPS) is 10.8. The molecule has 0 radical (unpaired) electrons. The van der Waals surface area contributed by atoms with Gasteiger partial charge in [-0.15, -0.1) is 0 Å². The van der Waals surface area contributed by atoms with Crippen molar-refractivity contribution in [1.29, 1.82) is 10.5 Å². The first-order valence-corrected chi connectivity index (χ1v) is 6.27. The van der Waals surface area contributed by atoms with E-state index in [0.29, 0.717) is 5.69 Å². The van der Waals surface area contributed by atoms with Crippen molar-refractivity contribution in [2.75, 3.05) is 10.7 Å².